The standard InChI is InChI=1S/C22H24N9O6.3C6H5N2O.Pt/c23-22-30-18-17(20(35)31-22)28-14(10-27-18)9-26-13-3-1-12(2-4-13)19(34)29-15(21(36)37)5-6-16(33)25-8-7-24-11-32;3*9-5-8-6-2-1-3-7-4-6;/h1-4,10,15,26H,5-9H2,(H,24,32)(H,25,33)(H,29,34)(H,36,37)(H3,23,27,30,31,35);3*1-4H,(H,8,9);/q4*-1;+4. The molecular weight excluding hydrogens is 1030 g/mol. The number of fused-ring (bicyclic) bond motifs is 1. The first-order valence-electron chi connectivity index (χ1n) is 18.4. The average molecular weight is 1070 g/mol. The number of carbonyl (C=O) groups is 3. The molecule has 0 aliphatic carbocycles. The fraction of sp³-hybridized carbons (Fsp3) is 0.150. The van der Waals surface area contributed by atoms with Crippen LogP contribution in [0.1, 0.15) is 28.9 Å². The Morgan fingerprint density at radius 3 is 1.75 bits per heavy atom. The normalized spacial score (nSPS) is 9.97. The van der Waals surface area contributed by atoms with Crippen LogP contribution >= 0.6 is 0 Å². The van der Waals surface area contributed by atoms with Crippen LogP contribution in [-0.4, -0.2) is 103 Å². The maximum absolute atomic E-state index is 12.5. The van der Waals surface area contributed by atoms with Gasteiger partial charge in [0.15, 0.2) is 11.2 Å². The zero-order valence-electron chi connectivity index (χ0n) is 33.7. The van der Waals surface area contributed by atoms with E-state index in [9.17, 15) is 43.5 Å². The minimum absolute atomic E-state index is 0. The molecule has 0 saturated heterocycles. The molecule has 25 heteroatoms. The maximum atomic E-state index is 12.5. The summed E-state index contributed by atoms with van der Waals surface area (Å²) in [5.74, 6) is -2.35. The number of nitrogens with zero attached hydrogens (tertiary/aromatic N) is 6. The van der Waals surface area contributed by atoms with Gasteiger partial charge in [0.2, 0.25) is 11.9 Å². The Bertz CT molecular complexity index is 2350. The molecule has 0 spiro atoms. The van der Waals surface area contributed by atoms with Gasteiger partial charge in [-0.2, -0.15) is 11.4 Å². The molecule has 5 heterocycles. The molecule has 338 valence electrons. The predicted molar refractivity (Wildman–Crippen MR) is 232 cm³/mol. The van der Waals surface area contributed by atoms with E-state index in [1.54, 1.807) is 105 Å². The summed E-state index contributed by atoms with van der Waals surface area (Å²) in [4.78, 5) is 113. The number of pyridine rings is 3. The van der Waals surface area contributed by atoms with E-state index in [1.165, 1.54) is 24.7 Å². The number of benzene rings is 1. The molecular formula is C40H39N15O9Pt. The minimum atomic E-state index is -1.27. The Hall–Kier alpha value is -8.53. The monoisotopic (exact) mass is 1070 g/mol. The second kappa shape index (κ2) is 30.5. The number of nitrogens with two attached hydrogens (primary N) is 1. The van der Waals surface area contributed by atoms with Crippen LogP contribution in [0.3, 0.4) is 0 Å². The zero-order valence-corrected chi connectivity index (χ0v) is 36.0. The molecule has 0 bridgehead atoms. The van der Waals surface area contributed by atoms with Crippen LogP contribution < -0.4 is 48.5 Å². The Balaban J connectivity index is 0.000000412. The van der Waals surface area contributed by atoms with Crippen molar-refractivity contribution in [2.45, 2.75) is 25.4 Å². The Labute approximate surface area is 383 Å². The Kier molecular flexibility index (Phi) is 24.7. The number of rotatable bonds is 19. The number of nitrogens with one attached hydrogen (secondary N) is 8. The number of hydrogen-bond donors (Lipinski definition) is 10. The van der Waals surface area contributed by atoms with Crippen molar-refractivity contribution in [3.63, 3.8) is 0 Å². The zero-order chi connectivity index (χ0) is 46.4. The van der Waals surface area contributed by atoms with Crippen molar-refractivity contribution in [2.75, 3.05) is 40.1 Å². The van der Waals surface area contributed by atoms with E-state index in [2.05, 4.69) is 72.1 Å². The molecule has 24 nitrogen and oxygen atoms in total. The number of carboxylic acid groups (broad SMARTS) is 1. The van der Waals surface area contributed by atoms with Crippen molar-refractivity contribution in [2.24, 2.45) is 0 Å². The van der Waals surface area contributed by atoms with Crippen LogP contribution in [0.5, 0.6) is 0 Å². The number of hydrogen-bond acceptors (Lipinski definition) is 16. The summed E-state index contributed by atoms with van der Waals surface area (Å²) in [6.45, 7) is 0.600. The molecule has 6 amide bonds. The van der Waals surface area contributed by atoms with Crippen LogP contribution in [0.15, 0.2) is 109 Å². The van der Waals surface area contributed by atoms with Gasteiger partial charge in [-0.3, -0.25) is 34.3 Å². The van der Waals surface area contributed by atoms with E-state index in [0.717, 1.165) is 0 Å². The molecule has 1 unspecified atom stereocenters. The van der Waals surface area contributed by atoms with Crippen LogP contribution in [0.2, 0.25) is 0 Å². The van der Waals surface area contributed by atoms with Crippen LogP contribution in [-0.2, 0) is 56.4 Å². The third-order valence-electron chi connectivity index (χ3n) is 7.59. The van der Waals surface area contributed by atoms with Gasteiger partial charge in [0, 0.05) is 49.4 Å². The fourth-order valence-electron chi connectivity index (χ4n) is 4.65. The van der Waals surface area contributed by atoms with Crippen molar-refractivity contribution in [3.05, 3.63) is 126 Å². The van der Waals surface area contributed by atoms with Gasteiger partial charge in [-0.1, -0.05) is 35.3 Å². The van der Waals surface area contributed by atoms with Gasteiger partial charge in [0.05, 0.1) is 37.7 Å². The maximum Gasteiger partial charge on any atom is 4.00 e. The molecule has 5 aromatic heterocycles. The van der Waals surface area contributed by atoms with Gasteiger partial charge in [-0.25, -0.2) is 14.8 Å². The molecule has 65 heavy (non-hydrogen) atoms. The second-order valence-electron chi connectivity index (χ2n) is 12.1. The van der Waals surface area contributed by atoms with E-state index >= 15 is 0 Å². The number of H-pyrrole nitrogens is 1. The average Bonchev–Trinajstić information content (AvgIpc) is 3.30. The Morgan fingerprint density at radius 1 is 0.723 bits per heavy atom. The van der Waals surface area contributed by atoms with E-state index in [0.29, 0.717) is 28.4 Å². The van der Waals surface area contributed by atoms with Gasteiger partial charge in [-0.05, 0) is 49.3 Å². The molecule has 0 saturated carbocycles. The third-order valence-corrected chi connectivity index (χ3v) is 7.59. The van der Waals surface area contributed by atoms with E-state index in [1.807, 2.05) is 0 Å². The fourth-order valence-corrected chi connectivity index (χ4v) is 4.65. The summed E-state index contributed by atoms with van der Waals surface area (Å²) in [5.41, 5.74) is 8.48. The van der Waals surface area contributed by atoms with Crippen molar-refractivity contribution in [1.82, 2.24) is 50.8 Å². The number of carbonyl (C=O) groups excluding carboxylic acids is 6. The molecule has 1 aromatic carbocycles. The van der Waals surface area contributed by atoms with Crippen molar-refractivity contribution < 1.29 is 59.7 Å². The molecule has 0 aliphatic rings. The van der Waals surface area contributed by atoms with Gasteiger partial charge < -0.3 is 67.2 Å². The first-order valence-corrected chi connectivity index (χ1v) is 18.4. The number of aliphatic carboxylic acids is 1. The van der Waals surface area contributed by atoms with Gasteiger partial charge in [-0.15, -0.1) is 18.2 Å². The number of aromatic nitrogens is 7. The topological polar surface area (TPSA) is 360 Å². The molecule has 11 N–H and O–H groups in total. The summed E-state index contributed by atoms with van der Waals surface area (Å²) in [6, 6.07) is 15.4. The first kappa shape index (κ1) is 52.6. The number of nitrogen functional groups attached to an aromatic ring is 1. The minimum Gasteiger partial charge on any atom is -0.528 e. The van der Waals surface area contributed by atoms with Crippen molar-refractivity contribution in [1.29, 1.82) is 0 Å². The molecule has 6 rings (SSSR count). The van der Waals surface area contributed by atoms with E-state index < -0.39 is 29.4 Å². The molecule has 1 atom stereocenters. The first-order chi connectivity index (χ1) is 31.1. The third kappa shape index (κ3) is 20.7. The van der Waals surface area contributed by atoms with Crippen LogP contribution in [0, 0.1) is 0 Å². The largest absolute Gasteiger partial charge is 4.00 e. The van der Waals surface area contributed by atoms with Gasteiger partial charge in [0.25, 0.3) is 11.5 Å². The molecule has 0 fully saturated rings. The number of amides is 6. The molecule has 0 aliphatic heterocycles. The quantitative estimate of drug-likeness (QED) is 0.0297. The summed E-state index contributed by atoms with van der Waals surface area (Å²) in [5, 5.41) is 26.7. The smallest absolute Gasteiger partial charge is 0.528 e. The number of aromatic amines is 1. The second-order valence-corrected chi connectivity index (χ2v) is 12.1. The Morgan fingerprint density at radius 2 is 1.28 bits per heavy atom. The van der Waals surface area contributed by atoms with Crippen molar-refractivity contribution >= 4 is 83.3 Å². The number of anilines is 5. The molecule has 0 radical (unpaired) electrons. The van der Waals surface area contributed by atoms with E-state index in [4.69, 9.17) is 5.73 Å². The van der Waals surface area contributed by atoms with Gasteiger partial charge >= 0.3 is 27.0 Å². The molecule has 6 aromatic rings. The van der Waals surface area contributed by atoms with Crippen LogP contribution in [0.25, 0.3) is 11.2 Å². The summed E-state index contributed by atoms with van der Waals surface area (Å²) < 4.78 is 0. The van der Waals surface area contributed by atoms with Crippen LogP contribution in [0.4, 0.5) is 28.7 Å². The number of carboxylic acids is 1. The van der Waals surface area contributed by atoms with Gasteiger partial charge in [0.1, 0.15) is 6.04 Å². The SMILES string of the molecule is Nc1nc2ncc(CNc3ccc(C(=O)NC(CCC(=O)NCCN[C-]=O)C(=O)O)cc3)nc2c(=O)[nH]1.O=[C-]Nc1cccnc1.O=[C-]Nc1cccnc1.O=[C-]Nc1cccnc1.[Pt+4]. The van der Waals surface area contributed by atoms with Crippen molar-refractivity contribution in [3.8, 4) is 0 Å². The summed E-state index contributed by atoms with van der Waals surface area (Å²) in [6.07, 6.45) is 16.9. The predicted octanol–water partition coefficient (Wildman–Crippen LogP) is 0.323. The van der Waals surface area contributed by atoms with E-state index in [-0.39, 0.29) is 76.2 Å². The summed E-state index contributed by atoms with van der Waals surface area (Å²) >= 11 is 0. The summed E-state index contributed by atoms with van der Waals surface area (Å²) in [7, 11) is 0.